The maximum absolute atomic E-state index is 11.1. The van der Waals surface area contributed by atoms with Gasteiger partial charge in [-0.15, -0.1) is 0 Å². The van der Waals surface area contributed by atoms with Crippen LogP contribution in [0.15, 0.2) is 34.6 Å². The third-order valence-corrected chi connectivity index (χ3v) is 2.82. The van der Waals surface area contributed by atoms with E-state index in [0.717, 1.165) is 5.56 Å². The van der Waals surface area contributed by atoms with Gasteiger partial charge in [-0.05, 0) is 25.6 Å². The largest absolute Gasteiger partial charge is 0.219 e. The molecule has 0 aliphatic heterocycles. The molecule has 63 valence electrons. The SMILES string of the molecule is [CH]=CS(=O)(=O)c1ccc(C)cc1. The monoisotopic (exact) mass is 181 g/mol. The summed E-state index contributed by atoms with van der Waals surface area (Å²) in [6, 6.07) is 6.54. The average molecular weight is 181 g/mol. The molecule has 0 heterocycles. The van der Waals surface area contributed by atoms with Crippen LogP contribution in [0, 0.1) is 13.5 Å². The van der Waals surface area contributed by atoms with Crippen molar-refractivity contribution in [3.05, 3.63) is 41.8 Å². The van der Waals surface area contributed by atoms with Crippen molar-refractivity contribution in [3.8, 4) is 0 Å². The summed E-state index contributed by atoms with van der Waals surface area (Å²) in [5.41, 5.74) is 1.02. The van der Waals surface area contributed by atoms with Gasteiger partial charge in [-0.25, -0.2) is 8.42 Å². The van der Waals surface area contributed by atoms with Gasteiger partial charge in [-0.2, -0.15) is 0 Å². The van der Waals surface area contributed by atoms with Gasteiger partial charge in [0.15, 0.2) is 9.84 Å². The molecular weight excluding hydrogens is 172 g/mol. The highest BCUT2D eigenvalue weighted by Crippen LogP contribution is 2.11. The molecule has 2 nitrogen and oxygen atoms in total. The lowest BCUT2D eigenvalue weighted by molar-refractivity contribution is 0.604. The van der Waals surface area contributed by atoms with Crippen molar-refractivity contribution in [1.29, 1.82) is 0 Å². The van der Waals surface area contributed by atoms with Gasteiger partial charge in [0.2, 0.25) is 0 Å². The summed E-state index contributed by atoms with van der Waals surface area (Å²) in [5.74, 6) is 0. The van der Waals surface area contributed by atoms with Crippen LogP contribution in [-0.2, 0) is 9.84 Å². The van der Waals surface area contributed by atoms with E-state index in [9.17, 15) is 8.42 Å². The van der Waals surface area contributed by atoms with Crippen LogP contribution in [0.3, 0.4) is 0 Å². The normalized spacial score (nSPS) is 11.1. The minimum absolute atomic E-state index is 0.232. The molecule has 1 rings (SSSR count). The lowest BCUT2D eigenvalue weighted by Gasteiger charge is -1.97. The minimum atomic E-state index is -3.36. The smallest absolute Gasteiger partial charge is 0.199 e. The van der Waals surface area contributed by atoms with Crippen molar-refractivity contribution in [3.63, 3.8) is 0 Å². The predicted octanol–water partition coefficient (Wildman–Crippen LogP) is 1.72. The summed E-state index contributed by atoms with van der Waals surface area (Å²) < 4.78 is 22.3. The Morgan fingerprint density at radius 1 is 1.25 bits per heavy atom. The Labute approximate surface area is 72.5 Å². The maximum atomic E-state index is 11.1. The molecule has 1 aromatic rings. The molecule has 0 amide bonds. The number of rotatable bonds is 2. The molecule has 0 saturated heterocycles. The number of aryl methyl sites for hydroxylation is 1. The Hall–Kier alpha value is -1.09. The Morgan fingerprint density at radius 2 is 1.75 bits per heavy atom. The summed E-state index contributed by atoms with van der Waals surface area (Å²) in [5, 5.41) is 0.706. The van der Waals surface area contributed by atoms with Crippen LogP contribution in [0.2, 0.25) is 0 Å². The van der Waals surface area contributed by atoms with Crippen molar-refractivity contribution >= 4 is 9.84 Å². The van der Waals surface area contributed by atoms with Gasteiger partial charge in [0.1, 0.15) is 0 Å². The van der Waals surface area contributed by atoms with Gasteiger partial charge in [-0.3, -0.25) is 0 Å². The van der Waals surface area contributed by atoms with E-state index < -0.39 is 9.84 Å². The van der Waals surface area contributed by atoms with Crippen molar-refractivity contribution < 1.29 is 8.42 Å². The van der Waals surface area contributed by atoms with Gasteiger partial charge in [-0.1, -0.05) is 17.7 Å². The van der Waals surface area contributed by atoms with Crippen LogP contribution in [0.4, 0.5) is 0 Å². The van der Waals surface area contributed by atoms with Gasteiger partial charge < -0.3 is 0 Å². The molecule has 0 aliphatic rings. The van der Waals surface area contributed by atoms with E-state index in [-0.39, 0.29) is 4.90 Å². The first kappa shape index (κ1) is 9.00. The minimum Gasteiger partial charge on any atom is -0.219 e. The van der Waals surface area contributed by atoms with E-state index in [1.165, 1.54) is 12.1 Å². The van der Waals surface area contributed by atoms with Crippen molar-refractivity contribution in [2.75, 3.05) is 0 Å². The third-order valence-electron chi connectivity index (χ3n) is 1.53. The highest BCUT2D eigenvalue weighted by molar-refractivity contribution is 7.94. The van der Waals surface area contributed by atoms with E-state index in [0.29, 0.717) is 5.41 Å². The Bertz CT molecular complexity index is 373. The van der Waals surface area contributed by atoms with E-state index in [2.05, 4.69) is 0 Å². The summed E-state index contributed by atoms with van der Waals surface area (Å²) in [4.78, 5) is 0.232. The second-order valence-corrected chi connectivity index (χ2v) is 4.33. The third kappa shape index (κ3) is 1.74. The molecule has 0 aromatic heterocycles. The average Bonchev–Trinajstić information content (AvgIpc) is 2.05. The van der Waals surface area contributed by atoms with Crippen molar-refractivity contribution in [2.45, 2.75) is 11.8 Å². The van der Waals surface area contributed by atoms with Crippen molar-refractivity contribution in [2.24, 2.45) is 0 Å². The molecule has 0 unspecified atom stereocenters. The molecule has 0 saturated carbocycles. The highest BCUT2D eigenvalue weighted by Gasteiger charge is 2.07. The Balaban J connectivity index is 3.23. The first-order chi connectivity index (χ1) is 5.56. The Morgan fingerprint density at radius 3 is 2.17 bits per heavy atom. The predicted molar refractivity (Wildman–Crippen MR) is 47.2 cm³/mol. The number of sulfone groups is 1. The lowest BCUT2D eigenvalue weighted by Crippen LogP contribution is -1.94. The lowest BCUT2D eigenvalue weighted by atomic mass is 10.2. The summed E-state index contributed by atoms with van der Waals surface area (Å²) in [7, 11) is -3.36. The van der Waals surface area contributed by atoms with E-state index in [4.69, 9.17) is 6.58 Å². The quantitative estimate of drug-likeness (QED) is 0.696. The van der Waals surface area contributed by atoms with Gasteiger partial charge in [0.25, 0.3) is 0 Å². The fourth-order valence-electron chi connectivity index (χ4n) is 0.807. The molecule has 0 bridgehead atoms. The number of hydrogen-bond acceptors (Lipinski definition) is 2. The van der Waals surface area contributed by atoms with Crippen molar-refractivity contribution in [1.82, 2.24) is 0 Å². The zero-order valence-electron chi connectivity index (χ0n) is 6.69. The highest BCUT2D eigenvalue weighted by atomic mass is 32.2. The summed E-state index contributed by atoms with van der Waals surface area (Å²) in [6.45, 7) is 6.85. The summed E-state index contributed by atoms with van der Waals surface area (Å²) in [6.07, 6.45) is 0. The second-order valence-electron chi connectivity index (χ2n) is 2.49. The van der Waals surface area contributed by atoms with Gasteiger partial charge in [0.05, 0.1) is 4.90 Å². The maximum Gasteiger partial charge on any atom is 0.199 e. The van der Waals surface area contributed by atoms with Crippen LogP contribution in [-0.4, -0.2) is 8.42 Å². The van der Waals surface area contributed by atoms with E-state index >= 15 is 0 Å². The van der Waals surface area contributed by atoms with E-state index in [1.54, 1.807) is 12.1 Å². The fourth-order valence-corrected chi connectivity index (χ4v) is 1.48. The molecule has 0 spiro atoms. The van der Waals surface area contributed by atoms with Gasteiger partial charge in [0, 0.05) is 5.41 Å². The number of hydrogen-bond donors (Lipinski definition) is 0. The molecule has 1 aromatic carbocycles. The van der Waals surface area contributed by atoms with Crippen LogP contribution < -0.4 is 0 Å². The summed E-state index contributed by atoms with van der Waals surface area (Å²) >= 11 is 0. The Kier molecular flexibility index (Phi) is 2.33. The molecule has 0 N–H and O–H groups in total. The number of benzene rings is 1. The molecule has 1 radical (unpaired) electrons. The second kappa shape index (κ2) is 3.11. The van der Waals surface area contributed by atoms with Crippen LogP contribution in [0.25, 0.3) is 0 Å². The fraction of sp³-hybridized carbons (Fsp3) is 0.111. The molecule has 12 heavy (non-hydrogen) atoms. The first-order valence-corrected chi connectivity index (χ1v) is 4.97. The van der Waals surface area contributed by atoms with Crippen LogP contribution in [0.5, 0.6) is 0 Å². The zero-order chi connectivity index (χ0) is 9.19. The molecular formula is C9H9O2S. The zero-order valence-corrected chi connectivity index (χ0v) is 7.51. The molecule has 3 heteroatoms. The standard InChI is InChI=1S/C9H9O2S/c1-3-12(10,11)9-6-4-8(2)5-7-9/h1,3-7H,2H3. The van der Waals surface area contributed by atoms with Crippen LogP contribution in [0.1, 0.15) is 5.56 Å². The van der Waals surface area contributed by atoms with Gasteiger partial charge >= 0.3 is 0 Å². The topological polar surface area (TPSA) is 34.1 Å². The first-order valence-electron chi connectivity index (χ1n) is 3.43. The molecule has 0 fully saturated rings. The van der Waals surface area contributed by atoms with Crippen LogP contribution >= 0.6 is 0 Å². The van der Waals surface area contributed by atoms with E-state index in [1.807, 2.05) is 6.92 Å². The molecule has 0 aliphatic carbocycles. The molecule has 0 atom stereocenters.